The maximum Gasteiger partial charge on any atom is 0.319 e. The number of rotatable bonds is 8. The molecule has 1 aliphatic heterocycles. The van der Waals surface area contributed by atoms with Crippen molar-refractivity contribution in [1.82, 2.24) is 15.1 Å². The Balaban J connectivity index is 1.78. The summed E-state index contributed by atoms with van der Waals surface area (Å²) in [5, 5.41) is 5.53. The number of nitrogens with zero attached hydrogens (tertiary/aromatic N) is 2. The molecule has 0 unspecified atom stereocenters. The number of nitrogens with one attached hydrogen (secondary N) is 2. The minimum Gasteiger partial charge on any atom is -0.343 e. The largest absolute Gasteiger partial charge is 0.343 e. The Kier molecular flexibility index (Phi) is 7.44. The Morgan fingerprint density at radius 3 is 2.65 bits per heavy atom. The van der Waals surface area contributed by atoms with E-state index in [2.05, 4.69) is 10.6 Å². The van der Waals surface area contributed by atoms with Crippen LogP contribution in [0.15, 0.2) is 24.3 Å². The molecule has 7 heteroatoms. The highest BCUT2D eigenvalue weighted by atomic mass is 16.2. The molecule has 0 atom stereocenters. The number of amides is 4. The second-order valence-electron chi connectivity index (χ2n) is 6.28. The van der Waals surface area contributed by atoms with Crippen LogP contribution in [-0.4, -0.2) is 60.4 Å². The zero-order valence-corrected chi connectivity index (χ0v) is 15.6. The van der Waals surface area contributed by atoms with Gasteiger partial charge in [0.1, 0.15) is 0 Å². The third-order valence-corrected chi connectivity index (χ3v) is 4.48. The average molecular weight is 360 g/mol. The number of anilines is 1. The molecule has 4 amide bonds. The lowest BCUT2D eigenvalue weighted by atomic mass is 10.1. The first-order valence-electron chi connectivity index (χ1n) is 9.27. The van der Waals surface area contributed by atoms with Gasteiger partial charge >= 0.3 is 6.03 Å². The van der Waals surface area contributed by atoms with Gasteiger partial charge in [0.25, 0.3) is 5.91 Å². The minimum atomic E-state index is -0.315. The molecule has 0 aliphatic carbocycles. The van der Waals surface area contributed by atoms with E-state index in [0.717, 1.165) is 19.4 Å². The maximum atomic E-state index is 12.4. The van der Waals surface area contributed by atoms with Crippen molar-refractivity contribution in [3.05, 3.63) is 29.8 Å². The van der Waals surface area contributed by atoms with Crippen molar-refractivity contribution in [2.24, 2.45) is 0 Å². The van der Waals surface area contributed by atoms with E-state index in [1.165, 1.54) is 0 Å². The number of urea groups is 1. The van der Waals surface area contributed by atoms with E-state index in [9.17, 15) is 14.4 Å². The van der Waals surface area contributed by atoms with Crippen molar-refractivity contribution in [2.75, 3.05) is 38.0 Å². The van der Waals surface area contributed by atoms with Crippen molar-refractivity contribution in [1.29, 1.82) is 0 Å². The van der Waals surface area contributed by atoms with Crippen molar-refractivity contribution >= 4 is 23.5 Å². The van der Waals surface area contributed by atoms with E-state index in [0.29, 0.717) is 43.9 Å². The summed E-state index contributed by atoms with van der Waals surface area (Å²) < 4.78 is 0. The predicted octanol–water partition coefficient (Wildman–Crippen LogP) is 2.30. The summed E-state index contributed by atoms with van der Waals surface area (Å²) in [7, 11) is 0. The van der Waals surface area contributed by atoms with Gasteiger partial charge in [-0.1, -0.05) is 6.07 Å². The van der Waals surface area contributed by atoms with Crippen LogP contribution in [0.4, 0.5) is 10.5 Å². The Hall–Kier alpha value is -2.57. The number of benzene rings is 1. The highest BCUT2D eigenvalue weighted by molar-refractivity contribution is 5.96. The summed E-state index contributed by atoms with van der Waals surface area (Å²) in [6.07, 6.45) is 2.28. The quantitative estimate of drug-likeness (QED) is 0.698. The van der Waals surface area contributed by atoms with E-state index < -0.39 is 0 Å². The molecule has 1 heterocycles. The molecule has 1 saturated heterocycles. The maximum absolute atomic E-state index is 12.4. The molecule has 0 aromatic heterocycles. The van der Waals surface area contributed by atoms with Crippen molar-refractivity contribution in [2.45, 2.75) is 33.1 Å². The molecule has 1 aromatic rings. The van der Waals surface area contributed by atoms with Gasteiger partial charge in [-0.2, -0.15) is 0 Å². The van der Waals surface area contributed by atoms with Crippen LogP contribution >= 0.6 is 0 Å². The lowest BCUT2D eigenvalue weighted by Crippen LogP contribution is -2.33. The molecule has 0 spiro atoms. The molecule has 2 N–H and O–H groups in total. The van der Waals surface area contributed by atoms with E-state index in [1.807, 2.05) is 18.7 Å². The zero-order chi connectivity index (χ0) is 18.9. The first kappa shape index (κ1) is 19.8. The normalized spacial score (nSPS) is 13.6. The molecule has 0 saturated carbocycles. The molecule has 142 valence electrons. The minimum absolute atomic E-state index is 0.0469. The Morgan fingerprint density at radius 2 is 2.00 bits per heavy atom. The molecule has 7 nitrogen and oxygen atoms in total. The van der Waals surface area contributed by atoms with Crippen molar-refractivity contribution in [3.63, 3.8) is 0 Å². The second-order valence-corrected chi connectivity index (χ2v) is 6.28. The van der Waals surface area contributed by atoms with Crippen LogP contribution in [0.3, 0.4) is 0 Å². The summed E-state index contributed by atoms with van der Waals surface area (Å²) >= 11 is 0. The van der Waals surface area contributed by atoms with Gasteiger partial charge in [-0.3, -0.25) is 9.59 Å². The van der Waals surface area contributed by atoms with Gasteiger partial charge in [0.2, 0.25) is 5.91 Å². The lowest BCUT2D eigenvalue weighted by Gasteiger charge is -2.19. The molecule has 0 radical (unpaired) electrons. The third-order valence-electron chi connectivity index (χ3n) is 4.48. The summed E-state index contributed by atoms with van der Waals surface area (Å²) in [5.41, 5.74) is 1.13. The van der Waals surface area contributed by atoms with Crippen LogP contribution in [0, 0.1) is 0 Å². The van der Waals surface area contributed by atoms with Crippen LogP contribution in [0.5, 0.6) is 0 Å². The van der Waals surface area contributed by atoms with Crippen molar-refractivity contribution < 1.29 is 14.4 Å². The molecule has 1 aliphatic rings. The zero-order valence-electron chi connectivity index (χ0n) is 15.6. The summed E-state index contributed by atoms with van der Waals surface area (Å²) in [6.45, 7) is 7.15. The summed E-state index contributed by atoms with van der Waals surface area (Å²) in [6, 6.07) is 6.62. The van der Waals surface area contributed by atoms with Crippen molar-refractivity contribution in [3.8, 4) is 0 Å². The third kappa shape index (κ3) is 5.47. The van der Waals surface area contributed by atoms with E-state index >= 15 is 0 Å². The van der Waals surface area contributed by atoms with Gasteiger partial charge in [0, 0.05) is 50.4 Å². The molecule has 1 fully saturated rings. The van der Waals surface area contributed by atoms with Gasteiger partial charge in [-0.05, 0) is 44.9 Å². The fraction of sp³-hybridized carbons (Fsp3) is 0.526. The van der Waals surface area contributed by atoms with Crippen LogP contribution in [0.2, 0.25) is 0 Å². The average Bonchev–Trinajstić information content (AvgIpc) is 3.05. The number of likely N-dealkylation sites (tertiary alicyclic amines) is 1. The summed E-state index contributed by atoms with van der Waals surface area (Å²) in [4.78, 5) is 39.5. The molecule has 2 rings (SSSR count). The fourth-order valence-electron chi connectivity index (χ4n) is 3.01. The van der Waals surface area contributed by atoms with E-state index in [1.54, 1.807) is 29.2 Å². The first-order valence-corrected chi connectivity index (χ1v) is 9.27. The monoisotopic (exact) mass is 360 g/mol. The molecular weight excluding hydrogens is 332 g/mol. The van der Waals surface area contributed by atoms with Crippen LogP contribution in [0.1, 0.15) is 43.5 Å². The Labute approximate surface area is 154 Å². The molecular formula is C19H28N4O3. The van der Waals surface area contributed by atoms with E-state index in [-0.39, 0.29) is 17.8 Å². The van der Waals surface area contributed by atoms with Crippen LogP contribution in [0.25, 0.3) is 0 Å². The number of carbonyl (C=O) groups excluding carboxylic acids is 3. The number of carbonyl (C=O) groups is 3. The van der Waals surface area contributed by atoms with Gasteiger partial charge in [0.05, 0.1) is 0 Å². The number of hydrogen-bond acceptors (Lipinski definition) is 3. The Bertz CT molecular complexity index is 643. The highest BCUT2D eigenvalue weighted by Gasteiger charge is 2.19. The standard InChI is InChI=1S/C19H28N4O3/c1-3-22(4-2)18(25)15-8-5-9-16(14-15)21-19(26)20-11-7-13-23-12-6-10-17(23)24/h5,8-9,14H,3-4,6-7,10-13H2,1-2H3,(H2,20,21,26). The summed E-state index contributed by atoms with van der Waals surface area (Å²) in [5.74, 6) is 0.151. The second kappa shape index (κ2) is 9.79. The lowest BCUT2D eigenvalue weighted by molar-refractivity contribution is -0.127. The van der Waals surface area contributed by atoms with E-state index in [4.69, 9.17) is 0 Å². The van der Waals surface area contributed by atoms with Gasteiger partial charge in [-0.25, -0.2) is 4.79 Å². The molecule has 26 heavy (non-hydrogen) atoms. The molecule has 0 bridgehead atoms. The smallest absolute Gasteiger partial charge is 0.319 e. The highest BCUT2D eigenvalue weighted by Crippen LogP contribution is 2.13. The van der Waals surface area contributed by atoms with Crippen LogP contribution in [-0.2, 0) is 4.79 Å². The van der Waals surface area contributed by atoms with Gasteiger partial charge in [-0.15, -0.1) is 0 Å². The van der Waals surface area contributed by atoms with Gasteiger partial charge < -0.3 is 20.4 Å². The van der Waals surface area contributed by atoms with Gasteiger partial charge in [0.15, 0.2) is 0 Å². The first-order chi connectivity index (χ1) is 12.5. The topological polar surface area (TPSA) is 81.8 Å². The molecule has 1 aromatic carbocycles. The Morgan fingerprint density at radius 1 is 1.23 bits per heavy atom. The predicted molar refractivity (Wildman–Crippen MR) is 101 cm³/mol. The SMILES string of the molecule is CCN(CC)C(=O)c1cccc(NC(=O)NCCCN2CCCC2=O)c1. The fourth-order valence-corrected chi connectivity index (χ4v) is 3.01. The van der Waals surface area contributed by atoms with Crippen LogP contribution < -0.4 is 10.6 Å². The number of hydrogen-bond donors (Lipinski definition) is 2.